The molecule has 1 aliphatic carbocycles. The molecule has 1 amide bonds. The Morgan fingerprint density at radius 3 is 2.57 bits per heavy atom. The zero-order valence-corrected chi connectivity index (χ0v) is 12.1. The Bertz CT molecular complexity index is 528. The Hall–Kier alpha value is -1.72. The van der Waals surface area contributed by atoms with Gasteiger partial charge < -0.3 is 10.6 Å². The van der Waals surface area contributed by atoms with E-state index in [0.29, 0.717) is 12.5 Å². The van der Waals surface area contributed by atoms with E-state index in [1.165, 1.54) is 12.1 Å². The molecule has 2 N–H and O–H groups in total. The second kappa shape index (κ2) is 5.95. The smallest absolute Gasteiger partial charge is 0.385 e. The highest BCUT2D eigenvalue weighted by atomic mass is 19.4. The molecule has 0 aliphatic heterocycles. The molecule has 2 unspecified atom stereocenters. The summed E-state index contributed by atoms with van der Waals surface area (Å²) in [6.07, 6.45) is -2.61. The normalized spacial score (nSPS) is 21.0. The van der Waals surface area contributed by atoms with Crippen LogP contribution in [-0.2, 0) is 6.18 Å². The molecule has 2 atom stereocenters. The molecule has 1 fully saturated rings. The van der Waals surface area contributed by atoms with E-state index in [1.54, 1.807) is 6.92 Å². The van der Waals surface area contributed by atoms with Gasteiger partial charge in [-0.2, -0.15) is 13.2 Å². The lowest BCUT2D eigenvalue weighted by atomic mass is 10.1. The maximum atomic E-state index is 13.0. The molecular weight excluding hydrogens is 281 g/mol. The second-order valence-electron chi connectivity index (χ2n) is 5.27. The number of carbonyl (C=O) groups excluding carboxylic acids is 1. The maximum Gasteiger partial charge on any atom is 0.418 e. The summed E-state index contributed by atoms with van der Waals surface area (Å²) in [7, 11) is 0. The van der Waals surface area contributed by atoms with Crippen LogP contribution in [0.2, 0.25) is 0 Å². The van der Waals surface area contributed by atoms with Crippen LogP contribution >= 0.6 is 0 Å². The van der Waals surface area contributed by atoms with Gasteiger partial charge in [-0.25, -0.2) is 0 Å². The number of nitrogens with one attached hydrogen (secondary N) is 2. The number of benzene rings is 1. The zero-order valence-electron chi connectivity index (χ0n) is 12.1. The average Bonchev–Trinajstić information content (AvgIpc) is 3.16. The van der Waals surface area contributed by atoms with Crippen LogP contribution in [0.3, 0.4) is 0 Å². The molecule has 0 aromatic heterocycles. The number of amides is 1. The molecule has 6 heteroatoms. The summed E-state index contributed by atoms with van der Waals surface area (Å²) in [6.45, 7) is 4.14. The number of carbonyl (C=O) groups is 1. The molecule has 21 heavy (non-hydrogen) atoms. The Morgan fingerprint density at radius 1 is 1.33 bits per heavy atom. The summed E-state index contributed by atoms with van der Waals surface area (Å²) in [5, 5.41) is 5.44. The molecule has 0 heterocycles. The van der Waals surface area contributed by atoms with E-state index in [4.69, 9.17) is 0 Å². The van der Waals surface area contributed by atoms with Crippen LogP contribution in [0.4, 0.5) is 18.9 Å². The molecule has 2 rings (SSSR count). The number of rotatable bonds is 5. The van der Waals surface area contributed by atoms with Gasteiger partial charge in [-0.05, 0) is 37.5 Å². The first kappa shape index (κ1) is 15.7. The van der Waals surface area contributed by atoms with E-state index in [1.807, 2.05) is 6.92 Å². The number of hydrogen-bond acceptors (Lipinski definition) is 2. The zero-order chi connectivity index (χ0) is 15.6. The predicted octanol–water partition coefficient (Wildman–Crippen LogP) is 3.67. The Kier molecular flexibility index (Phi) is 4.44. The van der Waals surface area contributed by atoms with Crippen molar-refractivity contribution < 1.29 is 18.0 Å². The van der Waals surface area contributed by atoms with Crippen molar-refractivity contribution >= 4 is 11.6 Å². The van der Waals surface area contributed by atoms with Crippen LogP contribution in [0.15, 0.2) is 18.2 Å². The van der Waals surface area contributed by atoms with Gasteiger partial charge in [-0.3, -0.25) is 4.79 Å². The molecule has 0 spiro atoms. The third-order valence-electron chi connectivity index (χ3n) is 3.72. The summed E-state index contributed by atoms with van der Waals surface area (Å²) < 4.78 is 39.1. The van der Waals surface area contributed by atoms with Crippen LogP contribution in [0, 0.1) is 5.92 Å². The minimum atomic E-state index is -4.49. The van der Waals surface area contributed by atoms with Crippen molar-refractivity contribution in [1.29, 1.82) is 0 Å². The molecule has 0 bridgehead atoms. The highest BCUT2D eigenvalue weighted by Crippen LogP contribution is 2.36. The van der Waals surface area contributed by atoms with E-state index in [-0.39, 0.29) is 17.3 Å². The number of halogens is 3. The molecule has 0 saturated heterocycles. The number of alkyl halides is 3. The third-order valence-corrected chi connectivity index (χ3v) is 3.72. The summed E-state index contributed by atoms with van der Waals surface area (Å²) in [6, 6.07) is 3.75. The van der Waals surface area contributed by atoms with Crippen molar-refractivity contribution in [2.75, 3.05) is 11.9 Å². The number of anilines is 1. The van der Waals surface area contributed by atoms with Crippen LogP contribution in [-0.4, -0.2) is 18.5 Å². The predicted molar refractivity (Wildman–Crippen MR) is 75.3 cm³/mol. The molecule has 116 valence electrons. The van der Waals surface area contributed by atoms with E-state index < -0.39 is 17.6 Å². The summed E-state index contributed by atoms with van der Waals surface area (Å²) in [5.74, 6) is 0.0153. The lowest BCUT2D eigenvalue weighted by Gasteiger charge is -2.15. The minimum Gasteiger partial charge on any atom is -0.385 e. The molecule has 1 aromatic rings. The van der Waals surface area contributed by atoms with Crippen molar-refractivity contribution in [2.24, 2.45) is 5.92 Å². The summed E-state index contributed by atoms with van der Waals surface area (Å²) >= 11 is 0. The molecular formula is C15H19F3N2O. The van der Waals surface area contributed by atoms with Gasteiger partial charge in [0.05, 0.1) is 5.56 Å². The van der Waals surface area contributed by atoms with Gasteiger partial charge in [0.25, 0.3) is 5.91 Å². The van der Waals surface area contributed by atoms with Gasteiger partial charge in [-0.15, -0.1) is 0 Å². The lowest BCUT2D eigenvalue weighted by molar-refractivity contribution is -0.137. The highest BCUT2D eigenvalue weighted by molar-refractivity contribution is 5.95. The van der Waals surface area contributed by atoms with Gasteiger partial charge in [-0.1, -0.05) is 13.3 Å². The molecule has 1 aliphatic rings. The van der Waals surface area contributed by atoms with Crippen molar-refractivity contribution in [1.82, 2.24) is 5.32 Å². The standard InChI is InChI=1S/C15H19F3N2O/c1-3-9-8-13(9)20-14(21)10-5-6-12(19-4-2)11(7-10)15(16,17)18/h5-7,9,13,19H,3-4,8H2,1-2H3,(H,20,21). The van der Waals surface area contributed by atoms with E-state index in [2.05, 4.69) is 10.6 Å². The largest absolute Gasteiger partial charge is 0.418 e. The monoisotopic (exact) mass is 300 g/mol. The van der Waals surface area contributed by atoms with Crippen LogP contribution in [0.1, 0.15) is 42.6 Å². The lowest BCUT2D eigenvalue weighted by Crippen LogP contribution is -2.27. The van der Waals surface area contributed by atoms with Crippen LogP contribution in [0.5, 0.6) is 0 Å². The minimum absolute atomic E-state index is 0.000549. The molecule has 1 aromatic carbocycles. The average molecular weight is 300 g/mol. The van der Waals surface area contributed by atoms with E-state index in [9.17, 15) is 18.0 Å². The fourth-order valence-corrected chi connectivity index (χ4v) is 2.39. The van der Waals surface area contributed by atoms with Gasteiger partial charge in [0.15, 0.2) is 0 Å². The molecule has 1 saturated carbocycles. The summed E-state index contributed by atoms with van der Waals surface area (Å²) in [4.78, 5) is 12.0. The van der Waals surface area contributed by atoms with Crippen molar-refractivity contribution in [3.05, 3.63) is 29.3 Å². The number of hydrogen-bond donors (Lipinski definition) is 2. The molecule has 3 nitrogen and oxygen atoms in total. The SMILES string of the molecule is CCNc1ccc(C(=O)NC2CC2CC)cc1C(F)(F)F. The Morgan fingerprint density at radius 2 is 2.05 bits per heavy atom. The van der Waals surface area contributed by atoms with Crippen LogP contribution < -0.4 is 10.6 Å². The van der Waals surface area contributed by atoms with E-state index in [0.717, 1.165) is 18.9 Å². The van der Waals surface area contributed by atoms with Crippen LogP contribution in [0.25, 0.3) is 0 Å². The first-order valence-electron chi connectivity index (χ1n) is 7.12. The van der Waals surface area contributed by atoms with Crippen molar-refractivity contribution in [2.45, 2.75) is 38.9 Å². The third kappa shape index (κ3) is 3.68. The van der Waals surface area contributed by atoms with Crippen molar-refractivity contribution in [3.63, 3.8) is 0 Å². The quantitative estimate of drug-likeness (QED) is 0.871. The van der Waals surface area contributed by atoms with Gasteiger partial charge >= 0.3 is 6.18 Å². The first-order chi connectivity index (χ1) is 9.86. The Labute approximate surface area is 121 Å². The second-order valence-corrected chi connectivity index (χ2v) is 5.27. The van der Waals surface area contributed by atoms with Gasteiger partial charge in [0.2, 0.25) is 0 Å². The summed E-state index contributed by atoms with van der Waals surface area (Å²) in [5.41, 5.74) is -0.759. The highest BCUT2D eigenvalue weighted by Gasteiger charge is 2.37. The maximum absolute atomic E-state index is 13.0. The fourth-order valence-electron chi connectivity index (χ4n) is 2.39. The van der Waals surface area contributed by atoms with Crippen molar-refractivity contribution in [3.8, 4) is 0 Å². The van der Waals surface area contributed by atoms with E-state index >= 15 is 0 Å². The molecule has 0 radical (unpaired) electrons. The Balaban J connectivity index is 2.19. The fraction of sp³-hybridized carbons (Fsp3) is 0.533. The van der Waals surface area contributed by atoms with Gasteiger partial charge in [0, 0.05) is 23.8 Å². The topological polar surface area (TPSA) is 41.1 Å². The van der Waals surface area contributed by atoms with Gasteiger partial charge in [0.1, 0.15) is 0 Å². The first-order valence-corrected chi connectivity index (χ1v) is 7.12.